The van der Waals surface area contributed by atoms with Crippen LogP contribution in [0.4, 0.5) is 5.69 Å². The van der Waals surface area contributed by atoms with Crippen LogP contribution in [0.15, 0.2) is 53.4 Å². The molecule has 1 N–H and O–H groups in total. The molecule has 0 atom stereocenters. The predicted molar refractivity (Wildman–Crippen MR) is 106 cm³/mol. The normalized spacial score (nSPS) is 11.1. The van der Waals surface area contributed by atoms with E-state index in [1.54, 1.807) is 12.1 Å². The molecule has 0 radical (unpaired) electrons. The lowest BCUT2D eigenvalue weighted by atomic mass is 10.2. The van der Waals surface area contributed by atoms with Crippen LogP contribution in [-0.2, 0) is 19.4 Å². The summed E-state index contributed by atoms with van der Waals surface area (Å²) < 4.78 is 24.5. The highest BCUT2D eigenvalue weighted by atomic mass is 35.5. The van der Waals surface area contributed by atoms with Gasteiger partial charge in [0.2, 0.25) is 11.8 Å². The second kappa shape index (κ2) is 9.01. The van der Waals surface area contributed by atoms with Crippen LogP contribution in [0.2, 0.25) is 5.02 Å². The summed E-state index contributed by atoms with van der Waals surface area (Å²) in [4.78, 5) is 25.5. The molecule has 0 heterocycles. The number of rotatable bonds is 7. The summed E-state index contributed by atoms with van der Waals surface area (Å²) in [6, 6.07) is 13.1. The number of hydrogen-bond acceptors (Lipinski definition) is 4. The molecule has 2 rings (SSSR count). The molecule has 8 heteroatoms. The van der Waals surface area contributed by atoms with Crippen molar-refractivity contribution in [1.82, 2.24) is 4.90 Å². The fourth-order valence-corrected chi connectivity index (χ4v) is 3.67. The lowest BCUT2D eigenvalue weighted by Gasteiger charge is -2.17. The van der Waals surface area contributed by atoms with Crippen molar-refractivity contribution in [1.29, 1.82) is 0 Å². The van der Waals surface area contributed by atoms with Gasteiger partial charge in [0.1, 0.15) is 0 Å². The van der Waals surface area contributed by atoms with Crippen LogP contribution in [-0.4, -0.2) is 44.5 Å². The SMILES string of the molecule is Cc1ccc(NC(=O)CN(C)C(=O)CCS(=O)(=O)c2ccc(Cl)cc2)cc1. The quantitative estimate of drug-likeness (QED) is 0.763. The molecule has 0 fully saturated rings. The van der Waals surface area contributed by atoms with E-state index in [1.165, 1.54) is 36.2 Å². The molecule has 2 aromatic carbocycles. The van der Waals surface area contributed by atoms with Crippen molar-refractivity contribution in [2.75, 3.05) is 24.7 Å². The molecule has 0 bridgehead atoms. The van der Waals surface area contributed by atoms with E-state index in [4.69, 9.17) is 11.6 Å². The van der Waals surface area contributed by atoms with Gasteiger partial charge in [-0.15, -0.1) is 0 Å². The molecule has 0 spiro atoms. The Balaban J connectivity index is 1.86. The van der Waals surface area contributed by atoms with Gasteiger partial charge in [0, 0.05) is 24.2 Å². The molecule has 0 aliphatic rings. The Morgan fingerprint density at radius 1 is 1.04 bits per heavy atom. The van der Waals surface area contributed by atoms with E-state index in [2.05, 4.69) is 5.32 Å². The fourth-order valence-electron chi connectivity index (χ4n) is 2.31. The number of nitrogens with one attached hydrogen (secondary N) is 1. The van der Waals surface area contributed by atoms with E-state index in [0.29, 0.717) is 10.7 Å². The molecule has 0 aliphatic carbocycles. The number of hydrogen-bond donors (Lipinski definition) is 1. The fraction of sp³-hybridized carbons (Fsp3) is 0.263. The number of amides is 2. The van der Waals surface area contributed by atoms with Gasteiger partial charge in [0.25, 0.3) is 0 Å². The van der Waals surface area contributed by atoms with Crippen LogP contribution in [0.5, 0.6) is 0 Å². The zero-order valence-corrected chi connectivity index (χ0v) is 16.7. The van der Waals surface area contributed by atoms with Crippen LogP contribution in [0.1, 0.15) is 12.0 Å². The molecule has 0 saturated carbocycles. The van der Waals surface area contributed by atoms with E-state index in [9.17, 15) is 18.0 Å². The molecule has 2 amide bonds. The minimum absolute atomic E-state index is 0.111. The number of benzene rings is 2. The smallest absolute Gasteiger partial charge is 0.243 e. The van der Waals surface area contributed by atoms with Gasteiger partial charge in [0.05, 0.1) is 17.2 Å². The maximum absolute atomic E-state index is 12.3. The lowest BCUT2D eigenvalue weighted by Crippen LogP contribution is -2.35. The van der Waals surface area contributed by atoms with E-state index in [1.807, 2.05) is 19.1 Å². The van der Waals surface area contributed by atoms with E-state index < -0.39 is 15.7 Å². The Labute approximate surface area is 164 Å². The van der Waals surface area contributed by atoms with E-state index >= 15 is 0 Å². The molecule has 27 heavy (non-hydrogen) atoms. The standard InChI is InChI=1S/C19H21ClN2O4S/c1-14-3-7-16(8-4-14)21-18(23)13-22(2)19(24)11-12-27(25,26)17-9-5-15(20)6-10-17/h3-10H,11-13H2,1-2H3,(H,21,23). The van der Waals surface area contributed by atoms with E-state index in [-0.39, 0.29) is 29.5 Å². The first kappa shape index (κ1) is 20.9. The van der Waals surface area contributed by atoms with Crippen molar-refractivity contribution < 1.29 is 18.0 Å². The van der Waals surface area contributed by atoms with Gasteiger partial charge in [-0.2, -0.15) is 0 Å². The van der Waals surface area contributed by atoms with Crippen LogP contribution in [0, 0.1) is 6.92 Å². The maximum atomic E-state index is 12.3. The van der Waals surface area contributed by atoms with Gasteiger partial charge in [-0.25, -0.2) is 8.42 Å². The molecule has 0 unspecified atom stereocenters. The highest BCUT2D eigenvalue weighted by Gasteiger charge is 2.19. The summed E-state index contributed by atoms with van der Waals surface area (Å²) in [5.41, 5.74) is 1.71. The molecular weight excluding hydrogens is 388 g/mol. The Morgan fingerprint density at radius 2 is 1.63 bits per heavy atom. The second-order valence-corrected chi connectivity index (χ2v) is 8.73. The third-order valence-electron chi connectivity index (χ3n) is 3.90. The molecule has 144 valence electrons. The Bertz CT molecular complexity index is 910. The van der Waals surface area contributed by atoms with Crippen LogP contribution in [0.3, 0.4) is 0 Å². The second-order valence-electron chi connectivity index (χ2n) is 6.19. The molecule has 2 aromatic rings. The number of halogens is 1. The minimum Gasteiger partial charge on any atom is -0.336 e. The zero-order chi connectivity index (χ0) is 20.0. The molecular formula is C19H21ClN2O4S. The number of carbonyl (C=O) groups excluding carboxylic acids is 2. The lowest BCUT2D eigenvalue weighted by molar-refractivity contribution is -0.132. The van der Waals surface area contributed by atoms with Crippen molar-refractivity contribution in [2.45, 2.75) is 18.2 Å². The molecule has 0 saturated heterocycles. The van der Waals surface area contributed by atoms with Gasteiger partial charge in [-0.05, 0) is 43.3 Å². The van der Waals surface area contributed by atoms with Gasteiger partial charge in [0.15, 0.2) is 9.84 Å². The summed E-state index contributed by atoms with van der Waals surface area (Å²) in [5.74, 6) is -1.11. The largest absolute Gasteiger partial charge is 0.336 e. The van der Waals surface area contributed by atoms with Crippen molar-refractivity contribution in [3.05, 3.63) is 59.1 Å². The molecule has 0 aliphatic heterocycles. The summed E-state index contributed by atoms with van der Waals surface area (Å²) in [5, 5.41) is 3.13. The number of aryl methyl sites for hydroxylation is 1. The molecule has 0 aromatic heterocycles. The highest BCUT2D eigenvalue weighted by molar-refractivity contribution is 7.91. The predicted octanol–water partition coefficient (Wildman–Crippen LogP) is 2.91. The van der Waals surface area contributed by atoms with Crippen LogP contribution >= 0.6 is 11.6 Å². The van der Waals surface area contributed by atoms with Gasteiger partial charge >= 0.3 is 0 Å². The van der Waals surface area contributed by atoms with Crippen LogP contribution in [0.25, 0.3) is 0 Å². The molecule has 6 nitrogen and oxygen atoms in total. The van der Waals surface area contributed by atoms with Gasteiger partial charge < -0.3 is 10.2 Å². The summed E-state index contributed by atoms with van der Waals surface area (Å²) in [6.07, 6.45) is -0.209. The summed E-state index contributed by atoms with van der Waals surface area (Å²) in [7, 11) is -2.13. The first-order valence-corrected chi connectivity index (χ1v) is 10.3. The number of nitrogens with zero attached hydrogens (tertiary/aromatic N) is 1. The average molecular weight is 409 g/mol. The van der Waals surface area contributed by atoms with Crippen molar-refractivity contribution in [3.8, 4) is 0 Å². The number of likely N-dealkylation sites (N-methyl/N-ethyl adjacent to an activating group) is 1. The first-order valence-electron chi connectivity index (χ1n) is 8.26. The average Bonchev–Trinajstić information content (AvgIpc) is 2.62. The van der Waals surface area contributed by atoms with Crippen LogP contribution < -0.4 is 5.32 Å². The third kappa shape index (κ3) is 6.37. The Hall–Kier alpha value is -2.38. The van der Waals surface area contributed by atoms with Gasteiger partial charge in [-0.3, -0.25) is 9.59 Å². The summed E-state index contributed by atoms with van der Waals surface area (Å²) in [6.45, 7) is 1.78. The number of anilines is 1. The maximum Gasteiger partial charge on any atom is 0.243 e. The number of carbonyl (C=O) groups is 2. The number of sulfone groups is 1. The topological polar surface area (TPSA) is 83.6 Å². The van der Waals surface area contributed by atoms with Crippen molar-refractivity contribution >= 4 is 38.9 Å². The van der Waals surface area contributed by atoms with E-state index in [0.717, 1.165) is 5.56 Å². The first-order chi connectivity index (χ1) is 12.7. The Kier molecular flexibility index (Phi) is 6.98. The zero-order valence-electron chi connectivity index (χ0n) is 15.1. The van der Waals surface area contributed by atoms with Crippen molar-refractivity contribution in [3.63, 3.8) is 0 Å². The summed E-state index contributed by atoms with van der Waals surface area (Å²) >= 11 is 5.75. The monoisotopic (exact) mass is 408 g/mol. The van der Waals surface area contributed by atoms with Crippen molar-refractivity contribution in [2.24, 2.45) is 0 Å². The Morgan fingerprint density at radius 3 is 2.22 bits per heavy atom. The highest BCUT2D eigenvalue weighted by Crippen LogP contribution is 2.16. The minimum atomic E-state index is -3.59. The third-order valence-corrected chi connectivity index (χ3v) is 5.88. The van der Waals surface area contributed by atoms with Gasteiger partial charge in [-0.1, -0.05) is 29.3 Å².